The number of aryl methyl sites for hydroxylation is 1. The van der Waals surface area contributed by atoms with Crippen LogP contribution in [0.5, 0.6) is 0 Å². The number of imidazole rings is 1. The van der Waals surface area contributed by atoms with Crippen LogP contribution in [0.1, 0.15) is 64.5 Å². The number of nitrogens with two attached hydrogens (primary N) is 1. The zero-order valence-corrected chi connectivity index (χ0v) is 12.6. The molecule has 3 nitrogen and oxygen atoms in total. The van der Waals surface area contributed by atoms with E-state index in [-0.39, 0.29) is 12.4 Å². The van der Waals surface area contributed by atoms with Gasteiger partial charge >= 0.3 is 0 Å². The van der Waals surface area contributed by atoms with Crippen molar-refractivity contribution < 1.29 is 0 Å². The van der Waals surface area contributed by atoms with Crippen molar-refractivity contribution in [2.45, 2.75) is 71.8 Å². The highest BCUT2D eigenvalue weighted by Crippen LogP contribution is 2.13. The summed E-state index contributed by atoms with van der Waals surface area (Å²) < 4.78 is 2.20. The summed E-state index contributed by atoms with van der Waals surface area (Å²) in [7, 11) is 0. The molecule has 0 aliphatic heterocycles. The van der Waals surface area contributed by atoms with Crippen LogP contribution in [0.4, 0.5) is 5.95 Å². The van der Waals surface area contributed by atoms with E-state index in [4.69, 9.17) is 5.73 Å². The summed E-state index contributed by atoms with van der Waals surface area (Å²) in [5, 5.41) is 0. The number of nitrogen functional groups attached to an aromatic ring is 1. The SMILES string of the molecule is CCCCCCc1cnc(N)n1CCCCC.Cl. The Bertz CT molecular complexity index is 310. The minimum Gasteiger partial charge on any atom is -0.369 e. The molecule has 0 aromatic carbocycles. The quantitative estimate of drug-likeness (QED) is 0.685. The standard InChI is InChI=1S/C14H27N3.ClH/c1-3-5-7-8-10-13-12-16-14(15)17(13)11-9-6-4-2;/h12H,3-11H2,1-2H3,(H2,15,16);1H. The molecule has 106 valence electrons. The maximum absolute atomic E-state index is 5.91. The Labute approximate surface area is 118 Å². The average Bonchev–Trinajstić information content (AvgIpc) is 2.67. The number of rotatable bonds is 9. The van der Waals surface area contributed by atoms with E-state index in [2.05, 4.69) is 23.4 Å². The Morgan fingerprint density at radius 2 is 1.72 bits per heavy atom. The van der Waals surface area contributed by atoms with Gasteiger partial charge in [-0.15, -0.1) is 12.4 Å². The van der Waals surface area contributed by atoms with Gasteiger partial charge in [-0.25, -0.2) is 4.98 Å². The minimum atomic E-state index is 0. The predicted octanol–water partition coefficient (Wildman–Crippen LogP) is 4.20. The highest BCUT2D eigenvalue weighted by Gasteiger charge is 2.06. The second kappa shape index (κ2) is 10.2. The van der Waals surface area contributed by atoms with Gasteiger partial charge in [0.15, 0.2) is 5.95 Å². The van der Waals surface area contributed by atoms with Gasteiger partial charge in [-0.1, -0.05) is 46.0 Å². The highest BCUT2D eigenvalue weighted by atomic mass is 35.5. The lowest BCUT2D eigenvalue weighted by molar-refractivity contribution is 0.576. The smallest absolute Gasteiger partial charge is 0.200 e. The number of aromatic nitrogens is 2. The molecule has 0 aliphatic carbocycles. The van der Waals surface area contributed by atoms with Gasteiger partial charge in [0.05, 0.1) is 6.20 Å². The Morgan fingerprint density at radius 3 is 2.39 bits per heavy atom. The third-order valence-electron chi connectivity index (χ3n) is 3.24. The third-order valence-corrected chi connectivity index (χ3v) is 3.24. The van der Waals surface area contributed by atoms with Crippen molar-refractivity contribution in [1.82, 2.24) is 9.55 Å². The topological polar surface area (TPSA) is 43.8 Å². The van der Waals surface area contributed by atoms with E-state index in [1.54, 1.807) is 0 Å². The van der Waals surface area contributed by atoms with E-state index in [0.29, 0.717) is 5.95 Å². The summed E-state index contributed by atoms with van der Waals surface area (Å²) in [6, 6.07) is 0. The molecule has 0 saturated carbocycles. The monoisotopic (exact) mass is 273 g/mol. The van der Waals surface area contributed by atoms with E-state index in [9.17, 15) is 0 Å². The second-order valence-corrected chi connectivity index (χ2v) is 4.78. The van der Waals surface area contributed by atoms with Gasteiger partial charge in [0.2, 0.25) is 0 Å². The molecule has 0 atom stereocenters. The molecular weight excluding hydrogens is 246 g/mol. The summed E-state index contributed by atoms with van der Waals surface area (Å²) in [6.07, 6.45) is 12.0. The number of hydrogen-bond acceptors (Lipinski definition) is 2. The van der Waals surface area contributed by atoms with E-state index < -0.39 is 0 Å². The van der Waals surface area contributed by atoms with E-state index in [0.717, 1.165) is 13.0 Å². The van der Waals surface area contributed by atoms with Gasteiger partial charge in [-0.3, -0.25) is 0 Å². The van der Waals surface area contributed by atoms with Crippen LogP contribution in [-0.2, 0) is 13.0 Å². The van der Waals surface area contributed by atoms with Crippen LogP contribution in [0.3, 0.4) is 0 Å². The fraction of sp³-hybridized carbons (Fsp3) is 0.786. The molecule has 18 heavy (non-hydrogen) atoms. The Morgan fingerprint density at radius 1 is 1.06 bits per heavy atom. The number of anilines is 1. The lowest BCUT2D eigenvalue weighted by Crippen LogP contribution is -2.07. The van der Waals surface area contributed by atoms with Crippen LogP contribution in [0.2, 0.25) is 0 Å². The van der Waals surface area contributed by atoms with Crippen molar-refractivity contribution in [3.8, 4) is 0 Å². The maximum Gasteiger partial charge on any atom is 0.200 e. The maximum atomic E-state index is 5.91. The van der Waals surface area contributed by atoms with Crippen LogP contribution in [0.25, 0.3) is 0 Å². The minimum absolute atomic E-state index is 0. The van der Waals surface area contributed by atoms with Crippen LogP contribution < -0.4 is 5.73 Å². The molecule has 0 spiro atoms. The molecule has 1 aromatic rings. The summed E-state index contributed by atoms with van der Waals surface area (Å²) in [4.78, 5) is 4.23. The van der Waals surface area contributed by atoms with Crippen molar-refractivity contribution in [2.24, 2.45) is 0 Å². The van der Waals surface area contributed by atoms with E-state index in [1.807, 2.05) is 6.20 Å². The fourth-order valence-electron chi connectivity index (χ4n) is 2.14. The first-order valence-electron chi connectivity index (χ1n) is 7.09. The third kappa shape index (κ3) is 5.76. The second-order valence-electron chi connectivity index (χ2n) is 4.78. The van der Waals surface area contributed by atoms with Crippen LogP contribution in [-0.4, -0.2) is 9.55 Å². The zero-order valence-electron chi connectivity index (χ0n) is 11.8. The molecule has 1 heterocycles. The van der Waals surface area contributed by atoms with Crippen molar-refractivity contribution in [1.29, 1.82) is 0 Å². The molecule has 1 rings (SSSR count). The normalized spacial score (nSPS) is 10.3. The zero-order chi connectivity index (χ0) is 12.5. The first kappa shape index (κ1) is 17.3. The van der Waals surface area contributed by atoms with Gasteiger partial charge < -0.3 is 10.3 Å². The molecule has 2 N–H and O–H groups in total. The lowest BCUT2D eigenvalue weighted by atomic mass is 10.1. The van der Waals surface area contributed by atoms with Crippen molar-refractivity contribution >= 4 is 18.4 Å². The van der Waals surface area contributed by atoms with E-state index >= 15 is 0 Å². The van der Waals surface area contributed by atoms with Gasteiger partial charge in [-0.2, -0.15) is 0 Å². The molecule has 0 radical (unpaired) electrons. The fourth-order valence-corrected chi connectivity index (χ4v) is 2.14. The van der Waals surface area contributed by atoms with Crippen molar-refractivity contribution in [3.63, 3.8) is 0 Å². The first-order valence-corrected chi connectivity index (χ1v) is 7.09. The van der Waals surface area contributed by atoms with Crippen LogP contribution >= 0.6 is 12.4 Å². The number of hydrogen-bond donors (Lipinski definition) is 1. The molecule has 0 amide bonds. The molecule has 0 saturated heterocycles. The molecule has 0 aliphatic rings. The van der Waals surface area contributed by atoms with E-state index in [1.165, 1.54) is 50.6 Å². The molecule has 0 bridgehead atoms. The highest BCUT2D eigenvalue weighted by molar-refractivity contribution is 5.85. The van der Waals surface area contributed by atoms with Crippen LogP contribution in [0.15, 0.2) is 6.20 Å². The first-order chi connectivity index (χ1) is 8.29. The average molecular weight is 274 g/mol. The summed E-state index contributed by atoms with van der Waals surface area (Å²) in [5.41, 5.74) is 7.22. The number of nitrogens with zero attached hydrogens (tertiary/aromatic N) is 2. The van der Waals surface area contributed by atoms with Gasteiger partial charge in [0, 0.05) is 12.2 Å². The Kier molecular flexibility index (Phi) is 9.85. The van der Waals surface area contributed by atoms with Gasteiger partial charge in [-0.05, 0) is 19.3 Å². The van der Waals surface area contributed by atoms with Crippen molar-refractivity contribution in [3.05, 3.63) is 11.9 Å². The molecule has 0 unspecified atom stereocenters. The lowest BCUT2D eigenvalue weighted by Gasteiger charge is -2.09. The number of halogens is 1. The van der Waals surface area contributed by atoms with Gasteiger partial charge in [0.25, 0.3) is 0 Å². The summed E-state index contributed by atoms with van der Waals surface area (Å²) in [6.45, 7) is 5.50. The Hall–Kier alpha value is -0.700. The van der Waals surface area contributed by atoms with Crippen molar-refractivity contribution in [2.75, 3.05) is 5.73 Å². The molecule has 4 heteroatoms. The largest absolute Gasteiger partial charge is 0.369 e. The molecule has 1 aromatic heterocycles. The Balaban J connectivity index is 0.00000289. The number of unbranched alkanes of at least 4 members (excludes halogenated alkanes) is 5. The molecule has 0 fully saturated rings. The summed E-state index contributed by atoms with van der Waals surface area (Å²) in [5.74, 6) is 0.687. The predicted molar refractivity (Wildman–Crippen MR) is 81.3 cm³/mol. The van der Waals surface area contributed by atoms with Crippen LogP contribution in [0, 0.1) is 0 Å². The molecular formula is C14H28ClN3. The summed E-state index contributed by atoms with van der Waals surface area (Å²) >= 11 is 0. The van der Waals surface area contributed by atoms with Gasteiger partial charge in [0.1, 0.15) is 0 Å².